The average Bonchev–Trinajstić information content (AvgIpc) is 3.56. The molecule has 36 heavy (non-hydrogen) atoms. The molecule has 0 unspecified atom stereocenters. The molecule has 2 heterocycles. The molecule has 192 valence electrons. The fourth-order valence-electron chi connectivity index (χ4n) is 3.98. The summed E-state index contributed by atoms with van der Waals surface area (Å²) in [6.07, 6.45) is 1.53. The Bertz CT molecular complexity index is 1190. The number of aromatic nitrogens is 1. The number of carbonyl (C=O) groups is 1. The molecule has 1 aliphatic rings. The van der Waals surface area contributed by atoms with E-state index < -0.39 is 17.7 Å². The molecule has 1 aliphatic heterocycles. The van der Waals surface area contributed by atoms with Crippen LogP contribution in [0, 0.1) is 11.6 Å². The number of rotatable bonds is 9. The minimum Gasteiger partial charge on any atom is -0.493 e. The van der Waals surface area contributed by atoms with Crippen LogP contribution in [0.25, 0.3) is 11.3 Å². The predicted octanol–water partition coefficient (Wildman–Crippen LogP) is 4.86. The Kier molecular flexibility index (Phi) is 7.89. The van der Waals surface area contributed by atoms with Crippen LogP contribution in [-0.2, 0) is 11.3 Å². The third-order valence-corrected chi connectivity index (χ3v) is 5.77. The molecule has 1 fully saturated rings. The number of hydrogen-bond donors (Lipinski definition) is 1. The number of carbonyl (C=O) groups excluding carboxylic acids is 1. The van der Waals surface area contributed by atoms with Crippen LogP contribution in [0.2, 0.25) is 0 Å². The molecule has 4 rings (SSSR count). The number of amides is 2. The number of nitrogens with one attached hydrogen (secondary N) is 1. The molecule has 1 saturated heterocycles. The molecule has 2 amide bonds. The number of halogens is 2. The van der Waals surface area contributed by atoms with E-state index in [2.05, 4.69) is 10.5 Å². The van der Waals surface area contributed by atoms with Gasteiger partial charge in [-0.15, -0.1) is 0 Å². The van der Waals surface area contributed by atoms with Gasteiger partial charge in [0.2, 0.25) is 5.75 Å². The van der Waals surface area contributed by atoms with Crippen molar-refractivity contribution in [1.82, 2.24) is 10.1 Å². The van der Waals surface area contributed by atoms with Crippen molar-refractivity contribution >= 4 is 11.7 Å². The van der Waals surface area contributed by atoms with Crippen LogP contribution in [0.5, 0.6) is 17.2 Å². The van der Waals surface area contributed by atoms with Crippen molar-refractivity contribution in [1.29, 1.82) is 0 Å². The fourth-order valence-corrected chi connectivity index (χ4v) is 3.98. The molecule has 9 nitrogen and oxygen atoms in total. The number of methoxy groups -OCH3 is 3. The summed E-state index contributed by atoms with van der Waals surface area (Å²) in [4.78, 5) is 14.5. The van der Waals surface area contributed by atoms with Gasteiger partial charge in [0.1, 0.15) is 17.3 Å². The second-order valence-electron chi connectivity index (χ2n) is 8.17. The first-order valence-corrected chi connectivity index (χ1v) is 11.3. The lowest BCUT2D eigenvalue weighted by molar-refractivity contribution is 0.0814. The first kappa shape index (κ1) is 25.2. The maximum absolute atomic E-state index is 14.1. The molecule has 11 heteroatoms. The van der Waals surface area contributed by atoms with Crippen LogP contribution in [0.4, 0.5) is 19.3 Å². The molecule has 1 aromatic heterocycles. The summed E-state index contributed by atoms with van der Waals surface area (Å²) in [6, 6.07) is 7.51. The van der Waals surface area contributed by atoms with Gasteiger partial charge in [-0.05, 0) is 37.1 Å². The van der Waals surface area contributed by atoms with Crippen LogP contribution in [0.15, 0.2) is 40.9 Å². The van der Waals surface area contributed by atoms with E-state index in [9.17, 15) is 13.6 Å². The van der Waals surface area contributed by atoms with Gasteiger partial charge in [0.25, 0.3) is 0 Å². The minimum atomic E-state index is -0.869. The van der Waals surface area contributed by atoms with Crippen LogP contribution in [0.1, 0.15) is 18.5 Å². The first-order valence-electron chi connectivity index (χ1n) is 11.3. The van der Waals surface area contributed by atoms with Gasteiger partial charge >= 0.3 is 6.03 Å². The third kappa shape index (κ3) is 5.68. The van der Waals surface area contributed by atoms with E-state index in [4.69, 9.17) is 23.5 Å². The average molecular weight is 504 g/mol. The van der Waals surface area contributed by atoms with Crippen LogP contribution in [-0.4, -0.2) is 56.7 Å². The first-order chi connectivity index (χ1) is 17.4. The zero-order valence-corrected chi connectivity index (χ0v) is 20.2. The highest BCUT2D eigenvalue weighted by atomic mass is 19.1. The van der Waals surface area contributed by atoms with Crippen molar-refractivity contribution in [2.75, 3.05) is 39.8 Å². The van der Waals surface area contributed by atoms with Gasteiger partial charge in [-0.25, -0.2) is 13.6 Å². The summed E-state index contributed by atoms with van der Waals surface area (Å²) in [5.41, 5.74) is 0.968. The van der Waals surface area contributed by atoms with Gasteiger partial charge in [-0.3, -0.25) is 0 Å². The van der Waals surface area contributed by atoms with Crippen molar-refractivity contribution < 1.29 is 37.0 Å². The van der Waals surface area contributed by atoms with Gasteiger partial charge < -0.3 is 33.7 Å². The number of urea groups is 1. The Morgan fingerprint density at radius 3 is 2.47 bits per heavy atom. The van der Waals surface area contributed by atoms with E-state index in [0.717, 1.165) is 18.9 Å². The van der Waals surface area contributed by atoms with Crippen molar-refractivity contribution in [2.24, 2.45) is 0 Å². The highest BCUT2D eigenvalue weighted by Gasteiger charge is 2.25. The SMILES string of the molecule is COc1cc(-c2cc(CN(C[C@@H]3CCCO3)C(=O)Nc3ccc(F)cc3F)no2)cc(OC)c1OC. The van der Waals surface area contributed by atoms with E-state index in [-0.39, 0.29) is 24.9 Å². The summed E-state index contributed by atoms with van der Waals surface area (Å²) in [5, 5.41) is 6.60. The maximum atomic E-state index is 14.1. The van der Waals surface area contributed by atoms with Gasteiger partial charge in [-0.1, -0.05) is 5.16 Å². The van der Waals surface area contributed by atoms with Crippen molar-refractivity contribution in [2.45, 2.75) is 25.5 Å². The summed E-state index contributed by atoms with van der Waals surface area (Å²) in [6.45, 7) is 0.950. The molecule has 0 saturated carbocycles. The third-order valence-electron chi connectivity index (χ3n) is 5.77. The Hall–Kier alpha value is -3.86. The second kappa shape index (κ2) is 11.3. The number of hydrogen-bond acceptors (Lipinski definition) is 7. The van der Waals surface area contributed by atoms with Crippen LogP contribution >= 0.6 is 0 Å². The smallest absolute Gasteiger partial charge is 0.322 e. The maximum Gasteiger partial charge on any atom is 0.322 e. The molecule has 1 N–H and O–H groups in total. The lowest BCUT2D eigenvalue weighted by Gasteiger charge is -2.25. The number of anilines is 1. The molecular weight excluding hydrogens is 476 g/mol. The zero-order chi connectivity index (χ0) is 25.7. The topological polar surface area (TPSA) is 95.3 Å². The lowest BCUT2D eigenvalue weighted by atomic mass is 10.1. The second-order valence-corrected chi connectivity index (χ2v) is 8.17. The van der Waals surface area contributed by atoms with Crippen molar-refractivity contribution in [3.05, 3.63) is 53.7 Å². The van der Waals surface area contributed by atoms with Gasteiger partial charge in [-0.2, -0.15) is 0 Å². The lowest BCUT2D eigenvalue weighted by Crippen LogP contribution is -2.39. The summed E-state index contributed by atoms with van der Waals surface area (Å²) in [5.74, 6) is 0.161. The van der Waals surface area contributed by atoms with Crippen LogP contribution in [0.3, 0.4) is 0 Å². The fraction of sp³-hybridized carbons (Fsp3) is 0.360. The van der Waals surface area contributed by atoms with E-state index in [1.807, 2.05) is 0 Å². The highest BCUT2D eigenvalue weighted by molar-refractivity contribution is 5.89. The number of benzene rings is 2. The van der Waals surface area contributed by atoms with Gasteiger partial charge in [0.15, 0.2) is 17.3 Å². The predicted molar refractivity (Wildman–Crippen MR) is 126 cm³/mol. The van der Waals surface area contributed by atoms with E-state index in [0.29, 0.717) is 46.9 Å². The molecule has 0 bridgehead atoms. The molecule has 0 spiro atoms. The summed E-state index contributed by atoms with van der Waals surface area (Å²) < 4.78 is 54.7. The normalized spacial score (nSPS) is 15.0. The molecule has 3 aromatic rings. The molecule has 2 aromatic carbocycles. The van der Waals surface area contributed by atoms with E-state index >= 15 is 0 Å². The van der Waals surface area contributed by atoms with Crippen molar-refractivity contribution in [3.8, 4) is 28.6 Å². The molecular formula is C25H27F2N3O6. The highest BCUT2D eigenvalue weighted by Crippen LogP contribution is 2.41. The quantitative estimate of drug-likeness (QED) is 0.446. The number of ether oxygens (including phenoxy) is 4. The molecule has 0 radical (unpaired) electrons. The summed E-state index contributed by atoms with van der Waals surface area (Å²) >= 11 is 0. The van der Waals surface area contributed by atoms with E-state index in [1.165, 1.54) is 32.3 Å². The van der Waals surface area contributed by atoms with Gasteiger partial charge in [0.05, 0.1) is 39.7 Å². The monoisotopic (exact) mass is 503 g/mol. The Morgan fingerprint density at radius 1 is 1.11 bits per heavy atom. The largest absolute Gasteiger partial charge is 0.493 e. The van der Waals surface area contributed by atoms with E-state index in [1.54, 1.807) is 18.2 Å². The number of nitrogens with zero attached hydrogens (tertiary/aromatic N) is 2. The zero-order valence-electron chi connectivity index (χ0n) is 20.2. The summed E-state index contributed by atoms with van der Waals surface area (Å²) in [7, 11) is 4.54. The molecule has 1 atom stereocenters. The van der Waals surface area contributed by atoms with Crippen LogP contribution < -0.4 is 19.5 Å². The molecule has 0 aliphatic carbocycles. The van der Waals surface area contributed by atoms with Gasteiger partial charge in [0, 0.05) is 30.8 Å². The minimum absolute atomic E-state index is 0.0719. The Labute approximate surface area is 206 Å². The van der Waals surface area contributed by atoms with Crippen molar-refractivity contribution in [3.63, 3.8) is 0 Å². The Morgan fingerprint density at radius 2 is 1.86 bits per heavy atom. The Balaban J connectivity index is 1.56. The standard InChI is InChI=1S/C25H27F2N3O6/c1-32-22-9-15(10-23(33-2)24(22)34-3)21-12-17(29-36-21)13-30(14-18-5-4-8-35-18)25(31)28-20-7-6-16(26)11-19(20)27/h6-7,9-12,18H,4-5,8,13-14H2,1-3H3,(H,28,31)/t18-/m0/s1.